The second-order valence-corrected chi connectivity index (χ2v) is 7.34. The fourth-order valence-electron chi connectivity index (χ4n) is 3.16. The van der Waals surface area contributed by atoms with Gasteiger partial charge in [-0.05, 0) is 43.2 Å². The van der Waals surface area contributed by atoms with Crippen molar-refractivity contribution < 1.29 is 9.59 Å². The number of aryl methyl sites for hydroxylation is 1. The number of carbonyl (C=O) groups excluding carboxylic acids is 2. The first-order chi connectivity index (χ1) is 12.0. The zero-order valence-electron chi connectivity index (χ0n) is 14.3. The third-order valence-corrected chi connectivity index (χ3v) is 5.59. The third-order valence-electron chi connectivity index (χ3n) is 4.70. The summed E-state index contributed by atoms with van der Waals surface area (Å²) in [5, 5.41) is 2.93. The summed E-state index contributed by atoms with van der Waals surface area (Å²) >= 11 is 3.45. The number of nitrogens with zero attached hydrogens (tertiary/aromatic N) is 1. The molecule has 0 saturated carbocycles. The van der Waals surface area contributed by atoms with Crippen molar-refractivity contribution in [3.05, 3.63) is 64.1 Å². The molecule has 1 saturated heterocycles. The Morgan fingerprint density at radius 2 is 1.96 bits per heavy atom. The number of benzene rings is 2. The van der Waals surface area contributed by atoms with Crippen molar-refractivity contribution >= 4 is 33.4 Å². The molecule has 1 aliphatic heterocycles. The summed E-state index contributed by atoms with van der Waals surface area (Å²) in [6.45, 7) is 4.43. The maximum Gasteiger partial charge on any atom is 0.229 e. The average Bonchev–Trinajstić information content (AvgIpc) is 3.00. The molecule has 25 heavy (non-hydrogen) atoms. The maximum atomic E-state index is 12.6. The highest BCUT2D eigenvalue weighted by molar-refractivity contribution is 9.10. The molecule has 1 fully saturated rings. The van der Waals surface area contributed by atoms with E-state index in [2.05, 4.69) is 21.2 Å². The van der Waals surface area contributed by atoms with E-state index in [1.54, 1.807) is 4.90 Å². The van der Waals surface area contributed by atoms with Crippen LogP contribution in [-0.4, -0.2) is 23.3 Å². The van der Waals surface area contributed by atoms with Crippen molar-refractivity contribution in [1.29, 1.82) is 0 Å². The van der Waals surface area contributed by atoms with Crippen molar-refractivity contribution in [2.75, 3.05) is 11.9 Å². The quantitative estimate of drug-likeness (QED) is 0.830. The van der Waals surface area contributed by atoms with Crippen LogP contribution in [0, 0.1) is 12.8 Å². The third kappa shape index (κ3) is 3.93. The van der Waals surface area contributed by atoms with Crippen LogP contribution in [0.4, 0.5) is 5.69 Å². The Hall–Kier alpha value is -2.14. The maximum absolute atomic E-state index is 12.6. The van der Waals surface area contributed by atoms with Gasteiger partial charge in [0.05, 0.1) is 12.0 Å². The fourth-order valence-corrected chi connectivity index (χ4v) is 3.41. The van der Waals surface area contributed by atoms with E-state index in [0.29, 0.717) is 6.54 Å². The van der Waals surface area contributed by atoms with Crippen LogP contribution in [-0.2, 0) is 9.59 Å². The van der Waals surface area contributed by atoms with E-state index >= 15 is 0 Å². The summed E-state index contributed by atoms with van der Waals surface area (Å²) in [5.41, 5.74) is 2.90. The van der Waals surface area contributed by atoms with E-state index in [1.807, 2.05) is 62.4 Å². The van der Waals surface area contributed by atoms with Crippen molar-refractivity contribution in [2.45, 2.75) is 26.3 Å². The van der Waals surface area contributed by atoms with E-state index in [4.69, 9.17) is 0 Å². The Bertz CT molecular complexity index is 792. The van der Waals surface area contributed by atoms with Gasteiger partial charge in [-0.25, -0.2) is 0 Å². The highest BCUT2D eigenvalue weighted by Crippen LogP contribution is 2.29. The summed E-state index contributed by atoms with van der Waals surface area (Å²) in [4.78, 5) is 26.8. The molecule has 2 aromatic carbocycles. The molecule has 4 nitrogen and oxygen atoms in total. The number of hydrogen-bond donors (Lipinski definition) is 1. The van der Waals surface area contributed by atoms with Gasteiger partial charge in [0.15, 0.2) is 0 Å². The van der Waals surface area contributed by atoms with Gasteiger partial charge >= 0.3 is 0 Å². The molecule has 0 bridgehead atoms. The second-order valence-electron chi connectivity index (χ2n) is 6.49. The SMILES string of the molecule is Cc1cc(NC(=O)[C@@H]2CC(=O)N([C@H](C)c3ccccc3)C2)ccc1Br. The van der Waals surface area contributed by atoms with Gasteiger partial charge in [-0.15, -0.1) is 0 Å². The molecule has 0 aliphatic carbocycles. The van der Waals surface area contributed by atoms with Gasteiger partial charge < -0.3 is 10.2 Å². The van der Waals surface area contributed by atoms with Crippen LogP contribution in [0.25, 0.3) is 0 Å². The Morgan fingerprint density at radius 1 is 1.24 bits per heavy atom. The highest BCUT2D eigenvalue weighted by atomic mass is 79.9. The number of nitrogens with one attached hydrogen (secondary N) is 1. The largest absolute Gasteiger partial charge is 0.335 e. The number of halogens is 1. The number of anilines is 1. The lowest BCUT2D eigenvalue weighted by molar-refractivity contribution is -0.129. The summed E-state index contributed by atoms with van der Waals surface area (Å²) in [5.74, 6) is -0.385. The highest BCUT2D eigenvalue weighted by Gasteiger charge is 2.37. The minimum atomic E-state index is -0.317. The van der Waals surface area contributed by atoms with Crippen molar-refractivity contribution in [2.24, 2.45) is 5.92 Å². The molecule has 3 rings (SSSR count). The molecule has 0 unspecified atom stereocenters. The lowest BCUT2D eigenvalue weighted by atomic mass is 10.1. The molecule has 0 radical (unpaired) electrons. The predicted molar refractivity (Wildman–Crippen MR) is 102 cm³/mol. The minimum Gasteiger partial charge on any atom is -0.335 e. The molecule has 2 amide bonds. The monoisotopic (exact) mass is 400 g/mol. The molecule has 5 heteroatoms. The molecule has 1 aliphatic rings. The Kier molecular flexibility index (Phi) is 5.23. The van der Waals surface area contributed by atoms with E-state index in [0.717, 1.165) is 21.3 Å². The zero-order valence-corrected chi connectivity index (χ0v) is 15.9. The first-order valence-electron chi connectivity index (χ1n) is 8.37. The van der Waals surface area contributed by atoms with E-state index < -0.39 is 0 Å². The molecular weight excluding hydrogens is 380 g/mol. The van der Waals surface area contributed by atoms with Gasteiger partial charge in [0.1, 0.15) is 0 Å². The van der Waals surface area contributed by atoms with Gasteiger partial charge in [0, 0.05) is 23.1 Å². The second kappa shape index (κ2) is 7.40. The number of carbonyl (C=O) groups is 2. The summed E-state index contributed by atoms with van der Waals surface area (Å²) in [6.07, 6.45) is 0.262. The van der Waals surface area contributed by atoms with E-state index in [1.165, 1.54) is 0 Å². The zero-order chi connectivity index (χ0) is 18.0. The number of rotatable bonds is 4. The molecule has 0 spiro atoms. The number of likely N-dealkylation sites (tertiary alicyclic amines) is 1. The fraction of sp³-hybridized carbons (Fsp3) is 0.300. The van der Waals surface area contributed by atoms with Crippen LogP contribution in [0.5, 0.6) is 0 Å². The van der Waals surface area contributed by atoms with Crippen LogP contribution in [0.15, 0.2) is 53.0 Å². The molecule has 2 aromatic rings. The lowest BCUT2D eigenvalue weighted by Gasteiger charge is -2.25. The molecule has 2 atom stereocenters. The Balaban J connectivity index is 1.67. The molecule has 1 N–H and O–H groups in total. The average molecular weight is 401 g/mol. The van der Waals surface area contributed by atoms with E-state index in [9.17, 15) is 9.59 Å². The van der Waals surface area contributed by atoms with Crippen LogP contribution in [0.1, 0.15) is 30.5 Å². The molecule has 0 aromatic heterocycles. The van der Waals surface area contributed by atoms with Crippen LogP contribution in [0.3, 0.4) is 0 Å². The predicted octanol–water partition coefficient (Wildman–Crippen LogP) is 4.31. The molecular formula is C20H21BrN2O2. The topological polar surface area (TPSA) is 49.4 Å². The van der Waals surface area contributed by atoms with Gasteiger partial charge in [0.2, 0.25) is 11.8 Å². The van der Waals surface area contributed by atoms with Crippen LogP contribution < -0.4 is 5.32 Å². The summed E-state index contributed by atoms with van der Waals surface area (Å²) < 4.78 is 1.00. The summed E-state index contributed by atoms with van der Waals surface area (Å²) in [6, 6.07) is 15.6. The smallest absolute Gasteiger partial charge is 0.229 e. The minimum absolute atomic E-state index is 0.0265. The Labute approximate surface area is 156 Å². The van der Waals surface area contributed by atoms with Gasteiger partial charge in [-0.3, -0.25) is 9.59 Å². The van der Waals surface area contributed by atoms with E-state index in [-0.39, 0.29) is 30.2 Å². The lowest BCUT2D eigenvalue weighted by Crippen LogP contribution is -2.30. The van der Waals surface area contributed by atoms with Crippen molar-refractivity contribution in [1.82, 2.24) is 4.90 Å². The van der Waals surface area contributed by atoms with Gasteiger partial charge in [0.25, 0.3) is 0 Å². The van der Waals surface area contributed by atoms with Crippen molar-refractivity contribution in [3.8, 4) is 0 Å². The summed E-state index contributed by atoms with van der Waals surface area (Å²) in [7, 11) is 0. The molecule has 130 valence electrons. The first kappa shape index (κ1) is 17.7. The number of hydrogen-bond acceptors (Lipinski definition) is 2. The first-order valence-corrected chi connectivity index (χ1v) is 9.16. The van der Waals surface area contributed by atoms with Gasteiger partial charge in [-0.1, -0.05) is 46.3 Å². The Morgan fingerprint density at radius 3 is 2.64 bits per heavy atom. The van der Waals surface area contributed by atoms with Crippen LogP contribution in [0.2, 0.25) is 0 Å². The normalized spacial score (nSPS) is 18.3. The van der Waals surface area contributed by atoms with Crippen LogP contribution >= 0.6 is 15.9 Å². The van der Waals surface area contributed by atoms with Gasteiger partial charge in [-0.2, -0.15) is 0 Å². The number of amides is 2. The molecule has 1 heterocycles. The standard InChI is InChI=1S/C20H21BrN2O2/c1-13-10-17(8-9-18(13)21)22-20(25)16-11-19(24)23(12-16)14(2)15-6-4-3-5-7-15/h3-10,14,16H,11-12H2,1-2H3,(H,22,25)/t14-,16-/m1/s1. The van der Waals surface area contributed by atoms with Crippen molar-refractivity contribution in [3.63, 3.8) is 0 Å².